The van der Waals surface area contributed by atoms with Gasteiger partial charge in [0.1, 0.15) is 11.6 Å². The number of anilines is 2. The second-order valence-electron chi connectivity index (χ2n) is 16.7. The SMILES string of the molecule is C=C1Nc2nc3ccc(CN4CCC(N5CCN(C6CN(c7cc(F)cc(F)c7)C6)CC5)CC4)cc3n2C[C@H](C)CCCCC(=NC)C(=CN)c2cc1cc(C)n2. The monoisotopic (exact) mass is 776 g/mol. The Labute approximate surface area is 336 Å². The fraction of sp³-hybridized carbons (Fsp3) is 0.489. The molecule has 3 N–H and O–H groups in total. The summed E-state index contributed by atoms with van der Waals surface area (Å²) in [5.74, 6) is 0.243. The largest absolute Gasteiger partial charge is 0.404 e. The predicted molar refractivity (Wildman–Crippen MR) is 228 cm³/mol. The molecule has 4 aromatic rings. The van der Waals surface area contributed by atoms with Crippen molar-refractivity contribution >= 4 is 39.7 Å². The molecule has 6 heterocycles. The summed E-state index contributed by atoms with van der Waals surface area (Å²) in [5.41, 5.74) is 15.6. The molecule has 0 amide bonds. The first-order valence-electron chi connectivity index (χ1n) is 20.9. The smallest absolute Gasteiger partial charge is 0.208 e. The number of piperidine rings is 1. The number of aliphatic imine (C=N–C) groups is 1. The Morgan fingerprint density at radius 2 is 1.60 bits per heavy atom. The second kappa shape index (κ2) is 17.1. The van der Waals surface area contributed by atoms with Gasteiger partial charge >= 0.3 is 0 Å². The predicted octanol–water partition coefficient (Wildman–Crippen LogP) is 7.15. The summed E-state index contributed by atoms with van der Waals surface area (Å²) in [7, 11) is 1.84. The number of pyridine rings is 1. The topological polar surface area (TPSA) is 94.1 Å². The van der Waals surface area contributed by atoms with Crippen LogP contribution in [0.3, 0.4) is 0 Å². The van der Waals surface area contributed by atoms with Gasteiger partial charge in [-0.15, -0.1) is 0 Å². The number of nitrogens with two attached hydrogens (primary N) is 1. The molecule has 0 unspecified atom stereocenters. The molecule has 10 nitrogen and oxygen atoms in total. The number of imidazole rings is 1. The maximum Gasteiger partial charge on any atom is 0.208 e. The van der Waals surface area contributed by atoms with E-state index in [0.29, 0.717) is 23.7 Å². The molecule has 302 valence electrons. The van der Waals surface area contributed by atoms with E-state index in [4.69, 9.17) is 15.7 Å². The molecule has 4 aliphatic rings. The summed E-state index contributed by atoms with van der Waals surface area (Å²) in [6, 6.07) is 15.8. The van der Waals surface area contributed by atoms with Gasteiger partial charge in [0.15, 0.2) is 0 Å². The number of halogens is 2. The zero-order valence-electron chi connectivity index (χ0n) is 33.9. The highest BCUT2D eigenvalue weighted by Gasteiger charge is 2.36. The molecule has 1 atom stereocenters. The van der Waals surface area contributed by atoms with Gasteiger partial charge in [0, 0.05) is 118 Å². The molecule has 3 saturated heterocycles. The van der Waals surface area contributed by atoms with Crippen molar-refractivity contribution in [1.82, 2.24) is 29.2 Å². The van der Waals surface area contributed by atoms with Gasteiger partial charge in [0.25, 0.3) is 0 Å². The number of hydrogen-bond acceptors (Lipinski definition) is 9. The molecule has 0 spiro atoms. The fourth-order valence-corrected chi connectivity index (χ4v) is 9.41. The minimum absolute atomic E-state index is 0.452. The third kappa shape index (κ3) is 8.78. The first-order valence-corrected chi connectivity index (χ1v) is 20.9. The average molecular weight is 777 g/mol. The number of aryl methyl sites for hydroxylation is 1. The molecule has 12 heteroatoms. The van der Waals surface area contributed by atoms with Crippen LogP contribution in [-0.2, 0) is 13.1 Å². The minimum atomic E-state index is -0.513. The molecule has 0 radical (unpaired) electrons. The van der Waals surface area contributed by atoms with Crippen molar-refractivity contribution < 1.29 is 8.78 Å². The molecule has 2 aromatic heterocycles. The number of aromatic nitrogens is 3. The van der Waals surface area contributed by atoms with E-state index in [9.17, 15) is 8.78 Å². The minimum Gasteiger partial charge on any atom is -0.404 e. The Kier molecular flexibility index (Phi) is 11.7. The Balaban J connectivity index is 0.897. The van der Waals surface area contributed by atoms with Crippen LogP contribution in [0.15, 0.2) is 66.3 Å². The average Bonchev–Trinajstić information content (AvgIpc) is 3.50. The summed E-state index contributed by atoms with van der Waals surface area (Å²) < 4.78 is 29.8. The van der Waals surface area contributed by atoms with Crippen LogP contribution in [0.2, 0.25) is 0 Å². The standard InChI is InChI=1S/C45H58F2N10/c1-30-7-5-6-8-41(49-4)40(25-48)43-21-34(19-31(2)50-43)32(3)51-45-52-42-10-9-33(20-44(42)57(45)26-30)27-53-13-11-37(12-14-53)54-15-17-55(18-16-54)39-28-56(29-39)38-23-35(46)22-36(47)24-38/h9-10,19-25,30,37,39H,3,5-8,11-18,26-29,48H2,1-2,4H3,(H,51,52)/t30-/m1/s1. The number of fused-ring (bicyclic) bond motifs is 5. The van der Waals surface area contributed by atoms with E-state index >= 15 is 0 Å². The van der Waals surface area contributed by atoms with Crippen molar-refractivity contribution in [3.8, 4) is 0 Å². The van der Waals surface area contributed by atoms with Crippen molar-refractivity contribution in [2.24, 2.45) is 16.6 Å². The summed E-state index contributed by atoms with van der Waals surface area (Å²) in [6.45, 7) is 18.7. The quantitative estimate of drug-likeness (QED) is 0.221. The van der Waals surface area contributed by atoms with Crippen molar-refractivity contribution in [3.05, 3.63) is 95.5 Å². The Bertz CT molecular complexity index is 2120. The van der Waals surface area contributed by atoms with Gasteiger partial charge in [-0.2, -0.15) is 0 Å². The molecule has 57 heavy (non-hydrogen) atoms. The summed E-state index contributed by atoms with van der Waals surface area (Å²) in [6.07, 6.45) is 8.10. The van der Waals surface area contributed by atoms with E-state index in [1.807, 2.05) is 20.0 Å². The summed E-state index contributed by atoms with van der Waals surface area (Å²) in [4.78, 5) is 24.5. The Morgan fingerprint density at radius 1 is 0.877 bits per heavy atom. The number of likely N-dealkylation sites (tertiary alicyclic amines) is 1. The number of rotatable bonds is 5. The Hall–Kier alpha value is -4.65. The van der Waals surface area contributed by atoms with E-state index in [1.165, 1.54) is 30.5 Å². The number of benzene rings is 2. The highest BCUT2D eigenvalue weighted by Crippen LogP contribution is 2.31. The van der Waals surface area contributed by atoms with E-state index in [-0.39, 0.29) is 0 Å². The van der Waals surface area contributed by atoms with Crippen LogP contribution >= 0.6 is 0 Å². The van der Waals surface area contributed by atoms with Crippen LogP contribution in [0.5, 0.6) is 0 Å². The zero-order valence-corrected chi connectivity index (χ0v) is 33.9. The van der Waals surface area contributed by atoms with Crippen LogP contribution in [0.1, 0.15) is 68.0 Å². The number of nitrogens with zero attached hydrogens (tertiary/aromatic N) is 8. The lowest BCUT2D eigenvalue weighted by Gasteiger charge is -2.50. The van der Waals surface area contributed by atoms with Crippen LogP contribution < -0.4 is 16.0 Å². The molecule has 2 bridgehead atoms. The van der Waals surface area contributed by atoms with Crippen LogP contribution in [0.25, 0.3) is 22.3 Å². The van der Waals surface area contributed by atoms with E-state index < -0.39 is 11.6 Å². The lowest BCUT2D eigenvalue weighted by atomic mass is 9.97. The number of hydrogen-bond donors (Lipinski definition) is 2. The van der Waals surface area contributed by atoms with Gasteiger partial charge in [0.05, 0.1) is 16.7 Å². The first-order chi connectivity index (χ1) is 27.6. The molecule has 0 aliphatic carbocycles. The normalized spacial score (nSPS) is 23.0. The number of allylic oxidation sites excluding steroid dienone is 1. The van der Waals surface area contributed by atoms with Crippen molar-refractivity contribution in [2.75, 3.05) is 69.6 Å². The van der Waals surface area contributed by atoms with Gasteiger partial charge in [-0.05, 0) is 100.0 Å². The maximum atomic E-state index is 13.7. The molecule has 8 rings (SSSR count). The van der Waals surface area contributed by atoms with Crippen molar-refractivity contribution in [1.29, 1.82) is 0 Å². The number of nitrogens with one attached hydrogen (secondary N) is 1. The van der Waals surface area contributed by atoms with Crippen LogP contribution in [0.4, 0.5) is 20.4 Å². The lowest BCUT2D eigenvalue weighted by molar-refractivity contribution is 0.0356. The summed E-state index contributed by atoms with van der Waals surface area (Å²) >= 11 is 0. The highest BCUT2D eigenvalue weighted by molar-refractivity contribution is 6.23. The molecule has 4 aliphatic heterocycles. The zero-order chi connectivity index (χ0) is 39.6. The van der Waals surface area contributed by atoms with Gasteiger partial charge in [-0.1, -0.05) is 26.0 Å². The van der Waals surface area contributed by atoms with Crippen molar-refractivity contribution in [2.45, 2.75) is 77.5 Å². The Morgan fingerprint density at radius 3 is 2.30 bits per heavy atom. The second-order valence-corrected chi connectivity index (χ2v) is 16.7. The highest BCUT2D eigenvalue weighted by atomic mass is 19.1. The van der Waals surface area contributed by atoms with Crippen LogP contribution in [0, 0.1) is 24.5 Å². The maximum absolute atomic E-state index is 13.7. The van der Waals surface area contributed by atoms with Gasteiger partial charge in [-0.3, -0.25) is 24.7 Å². The molecule has 2 aromatic carbocycles. The molecular formula is C45H58F2N10. The van der Waals surface area contributed by atoms with Crippen molar-refractivity contribution in [3.63, 3.8) is 0 Å². The third-order valence-corrected chi connectivity index (χ3v) is 12.7. The van der Waals surface area contributed by atoms with Gasteiger partial charge in [0.2, 0.25) is 5.95 Å². The molecular weight excluding hydrogens is 719 g/mol. The van der Waals surface area contributed by atoms with E-state index in [2.05, 4.69) is 72.2 Å². The number of piperazine rings is 1. The molecule has 3 fully saturated rings. The van der Waals surface area contributed by atoms with E-state index in [1.54, 1.807) is 6.20 Å². The van der Waals surface area contributed by atoms with Crippen LogP contribution in [-0.4, -0.2) is 106 Å². The van der Waals surface area contributed by atoms with Gasteiger partial charge < -0.3 is 20.5 Å². The first kappa shape index (κ1) is 39.2. The van der Waals surface area contributed by atoms with Gasteiger partial charge in [-0.25, -0.2) is 13.8 Å². The fourth-order valence-electron chi connectivity index (χ4n) is 9.41. The van der Waals surface area contributed by atoms with E-state index in [0.717, 1.165) is 148 Å². The molecule has 0 saturated carbocycles. The lowest BCUT2D eigenvalue weighted by Crippen LogP contribution is -2.64. The third-order valence-electron chi connectivity index (χ3n) is 12.7. The summed E-state index contributed by atoms with van der Waals surface area (Å²) in [5, 5.41) is 3.60.